The summed E-state index contributed by atoms with van der Waals surface area (Å²) in [7, 11) is 0. The second-order valence-corrected chi connectivity index (χ2v) is 6.91. The Morgan fingerprint density at radius 2 is 2.17 bits per heavy atom. The third kappa shape index (κ3) is 2.49. The molecular formula is C15H24N2S. The van der Waals surface area contributed by atoms with Crippen LogP contribution in [0.2, 0.25) is 0 Å². The molecule has 0 radical (unpaired) electrons. The second kappa shape index (κ2) is 5.32. The van der Waals surface area contributed by atoms with E-state index in [0.717, 1.165) is 0 Å². The Balaban J connectivity index is 1.74. The molecule has 1 saturated carbocycles. The fourth-order valence-electron chi connectivity index (χ4n) is 3.59. The molecule has 18 heavy (non-hydrogen) atoms. The van der Waals surface area contributed by atoms with Gasteiger partial charge in [-0.15, -0.1) is 11.3 Å². The highest BCUT2D eigenvalue weighted by atomic mass is 32.1. The minimum Gasteiger partial charge on any atom is -0.310 e. The molecule has 2 fully saturated rings. The van der Waals surface area contributed by atoms with Crippen molar-refractivity contribution in [2.45, 2.75) is 50.6 Å². The van der Waals surface area contributed by atoms with Gasteiger partial charge < -0.3 is 5.32 Å². The van der Waals surface area contributed by atoms with Gasteiger partial charge in [-0.25, -0.2) is 0 Å². The van der Waals surface area contributed by atoms with E-state index in [2.05, 4.69) is 34.7 Å². The molecule has 0 aromatic carbocycles. The van der Waals surface area contributed by atoms with Crippen LogP contribution in [-0.4, -0.2) is 30.1 Å². The number of nitrogens with zero attached hydrogens (tertiary/aromatic N) is 1. The van der Waals surface area contributed by atoms with Crippen molar-refractivity contribution in [3.8, 4) is 0 Å². The largest absolute Gasteiger partial charge is 0.310 e. The van der Waals surface area contributed by atoms with Crippen LogP contribution in [0.15, 0.2) is 17.5 Å². The summed E-state index contributed by atoms with van der Waals surface area (Å²) in [6.45, 7) is 6.06. The number of hydrogen-bond donors (Lipinski definition) is 1. The van der Waals surface area contributed by atoms with Gasteiger partial charge in [0.25, 0.3) is 0 Å². The van der Waals surface area contributed by atoms with Crippen LogP contribution in [0.25, 0.3) is 0 Å². The van der Waals surface area contributed by atoms with Crippen LogP contribution in [0.3, 0.4) is 0 Å². The third-order valence-corrected chi connectivity index (χ3v) is 5.73. The van der Waals surface area contributed by atoms with Crippen LogP contribution in [-0.2, 0) is 0 Å². The van der Waals surface area contributed by atoms with Crippen molar-refractivity contribution in [1.29, 1.82) is 0 Å². The predicted molar refractivity (Wildman–Crippen MR) is 78.1 cm³/mol. The first-order valence-corrected chi connectivity index (χ1v) is 8.20. The van der Waals surface area contributed by atoms with Gasteiger partial charge in [0.2, 0.25) is 0 Å². The van der Waals surface area contributed by atoms with Crippen molar-refractivity contribution in [2.75, 3.05) is 19.6 Å². The van der Waals surface area contributed by atoms with Crippen LogP contribution in [0.1, 0.15) is 49.9 Å². The zero-order valence-corrected chi connectivity index (χ0v) is 12.1. The van der Waals surface area contributed by atoms with Crippen molar-refractivity contribution in [3.63, 3.8) is 0 Å². The average molecular weight is 264 g/mol. The molecule has 3 heteroatoms. The molecule has 1 aliphatic heterocycles. The van der Waals surface area contributed by atoms with Crippen molar-refractivity contribution in [1.82, 2.24) is 10.2 Å². The fourth-order valence-corrected chi connectivity index (χ4v) is 4.40. The van der Waals surface area contributed by atoms with Crippen molar-refractivity contribution in [2.24, 2.45) is 0 Å². The molecule has 1 aliphatic carbocycles. The lowest BCUT2D eigenvalue weighted by Crippen LogP contribution is -2.49. The summed E-state index contributed by atoms with van der Waals surface area (Å²) in [6.07, 6.45) is 6.86. The molecule has 1 saturated heterocycles. The molecule has 2 aliphatic rings. The van der Waals surface area contributed by atoms with Crippen molar-refractivity contribution < 1.29 is 0 Å². The number of thiophene rings is 1. The van der Waals surface area contributed by atoms with Gasteiger partial charge in [0.15, 0.2) is 0 Å². The van der Waals surface area contributed by atoms with Gasteiger partial charge in [-0.1, -0.05) is 18.9 Å². The first-order chi connectivity index (χ1) is 8.79. The van der Waals surface area contributed by atoms with E-state index < -0.39 is 0 Å². The van der Waals surface area contributed by atoms with E-state index in [1.54, 1.807) is 0 Å². The van der Waals surface area contributed by atoms with Crippen LogP contribution >= 0.6 is 11.3 Å². The lowest BCUT2D eigenvalue weighted by molar-refractivity contribution is 0.167. The normalized spacial score (nSPS) is 26.3. The zero-order chi connectivity index (χ0) is 12.4. The third-order valence-electron chi connectivity index (χ3n) is 4.69. The summed E-state index contributed by atoms with van der Waals surface area (Å²) in [5.41, 5.74) is 0.433. The van der Waals surface area contributed by atoms with E-state index in [4.69, 9.17) is 0 Å². The van der Waals surface area contributed by atoms with Gasteiger partial charge in [0.05, 0.1) is 0 Å². The molecule has 1 N–H and O–H groups in total. The first-order valence-electron chi connectivity index (χ1n) is 7.32. The summed E-state index contributed by atoms with van der Waals surface area (Å²) >= 11 is 1.90. The Bertz CT molecular complexity index is 368. The van der Waals surface area contributed by atoms with Crippen molar-refractivity contribution >= 4 is 11.3 Å². The maximum Gasteiger partial charge on any atom is 0.0414 e. The Hall–Kier alpha value is -0.380. The minimum atomic E-state index is 0.433. The summed E-state index contributed by atoms with van der Waals surface area (Å²) in [5.74, 6) is 0. The lowest BCUT2D eigenvalue weighted by atomic mass is 9.96. The van der Waals surface area contributed by atoms with Crippen LogP contribution < -0.4 is 5.32 Å². The molecular weight excluding hydrogens is 240 g/mol. The molecule has 2 heterocycles. The van der Waals surface area contributed by atoms with Crippen molar-refractivity contribution in [3.05, 3.63) is 22.4 Å². The van der Waals surface area contributed by atoms with Gasteiger partial charge in [-0.3, -0.25) is 4.90 Å². The lowest BCUT2D eigenvalue weighted by Gasteiger charge is -2.36. The van der Waals surface area contributed by atoms with Crippen LogP contribution in [0.5, 0.6) is 0 Å². The standard InChI is InChI=1S/C15H24N2S/c1-13(14-6-4-11-18-14)17-10-5-9-16-15(12-17)7-2-3-8-15/h4,6,11,13,16H,2-3,5,7-10,12H2,1H3. The number of nitrogens with one attached hydrogen (secondary N) is 1. The molecule has 1 unspecified atom stereocenters. The smallest absolute Gasteiger partial charge is 0.0414 e. The molecule has 3 rings (SSSR count). The highest BCUT2D eigenvalue weighted by Gasteiger charge is 2.37. The average Bonchev–Trinajstić information content (AvgIpc) is 2.99. The van der Waals surface area contributed by atoms with Gasteiger partial charge in [-0.2, -0.15) is 0 Å². The summed E-state index contributed by atoms with van der Waals surface area (Å²) in [6, 6.07) is 5.05. The molecule has 0 amide bonds. The summed E-state index contributed by atoms with van der Waals surface area (Å²) in [5, 5.41) is 6.05. The number of hydrogen-bond acceptors (Lipinski definition) is 3. The van der Waals surface area contributed by atoms with Gasteiger partial charge in [0, 0.05) is 29.5 Å². The van der Waals surface area contributed by atoms with E-state index in [9.17, 15) is 0 Å². The predicted octanol–water partition coefficient (Wildman–Crippen LogP) is 3.42. The van der Waals surface area contributed by atoms with E-state index >= 15 is 0 Å². The summed E-state index contributed by atoms with van der Waals surface area (Å²) in [4.78, 5) is 4.22. The van der Waals surface area contributed by atoms with Gasteiger partial charge in [-0.05, 0) is 44.2 Å². The van der Waals surface area contributed by atoms with Crippen LogP contribution in [0, 0.1) is 0 Å². The maximum atomic E-state index is 3.85. The zero-order valence-electron chi connectivity index (χ0n) is 11.3. The van der Waals surface area contributed by atoms with Gasteiger partial charge in [0.1, 0.15) is 0 Å². The second-order valence-electron chi connectivity index (χ2n) is 5.93. The first kappa shape index (κ1) is 12.6. The topological polar surface area (TPSA) is 15.3 Å². The Kier molecular flexibility index (Phi) is 3.73. The molecule has 1 spiro atoms. The van der Waals surface area contributed by atoms with E-state index in [-0.39, 0.29) is 0 Å². The molecule has 1 atom stereocenters. The highest BCUT2D eigenvalue weighted by molar-refractivity contribution is 7.10. The summed E-state index contributed by atoms with van der Waals surface area (Å²) < 4.78 is 0. The fraction of sp³-hybridized carbons (Fsp3) is 0.733. The Morgan fingerprint density at radius 1 is 1.33 bits per heavy atom. The monoisotopic (exact) mass is 264 g/mol. The van der Waals surface area contributed by atoms with Crippen LogP contribution in [0.4, 0.5) is 0 Å². The molecule has 2 nitrogen and oxygen atoms in total. The number of rotatable bonds is 2. The Morgan fingerprint density at radius 3 is 2.89 bits per heavy atom. The van der Waals surface area contributed by atoms with E-state index in [0.29, 0.717) is 11.6 Å². The quantitative estimate of drug-likeness (QED) is 0.880. The Labute approximate surface area is 114 Å². The van der Waals surface area contributed by atoms with E-state index in [1.807, 2.05) is 11.3 Å². The molecule has 0 bridgehead atoms. The van der Waals surface area contributed by atoms with Gasteiger partial charge >= 0.3 is 0 Å². The molecule has 1 aromatic rings. The minimum absolute atomic E-state index is 0.433. The SMILES string of the molecule is CC(c1cccs1)N1CCCNC2(CCCC2)C1. The van der Waals surface area contributed by atoms with E-state index in [1.165, 1.54) is 56.6 Å². The molecule has 100 valence electrons. The molecule has 1 aromatic heterocycles. The highest BCUT2D eigenvalue weighted by Crippen LogP contribution is 2.35. The maximum absolute atomic E-state index is 3.85.